The Morgan fingerprint density at radius 3 is 0.838 bits per heavy atom. The fourth-order valence-corrected chi connectivity index (χ4v) is 1.19. The molecule has 0 amide bonds. The van der Waals surface area contributed by atoms with Gasteiger partial charge >= 0.3 is 23.9 Å². The number of thiol groups is 4. The first-order chi connectivity index (χ1) is 16.7. The number of hydrogen-bond acceptors (Lipinski definition) is 11. The van der Waals surface area contributed by atoms with Crippen LogP contribution in [0, 0.1) is 23.2 Å². The van der Waals surface area contributed by atoms with E-state index in [0.717, 1.165) is 0 Å². The summed E-state index contributed by atoms with van der Waals surface area (Å²) >= 11 is 15.1. The zero-order valence-corrected chi connectivity index (χ0v) is 25.8. The highest BCUT2D eigenvalue weighted by atomic mass is 32.1. The number of aliphatic carboxylic acids is 4. The van der Waals surface area contributed by atoms with Gasteiger partial charge in [-0.15, -0.1) is 0 Å². The van der Waals surface area contributed by atoms with Crippen molar-refractivity contribution in [3.8, 4) is 0 Å². The predicted octanol–water partition coefficient (Wildman–Crippen LogP) is 2.05. The minimum absolute atomic E-state index is 0.156. The summed E-state index contributed by atoms with van der Waals surface area (Å²) in [6, 6.07) is 0. The smallest absolute Gasteiger partial charge is 0.318 e. The fraction of sp³-hybridized carbons (Fsp3) is 0.818. The molecule has 0 heterocycles. The van der Waals surface area contributed by atoms with Crippen LogP contribution in [0.4, 0.5) is 0 Å². The van der Waals surface area contributed by atoms with E-state index in [1.807, 2.05) is 6.92 Å². The second-order valence-corrected chi connectivity index (χ2v) is 10.7. The van der Waals surface area contributed by atoms with Crippen LogP contribution in [0.25, 0.3) is 0 Å². The molecule has 0 aromatic heterocycles. The van der Waals surface area contributed by atoms with E-state index in [2.05, 4.69) is 50.5 Å². The van der Waals surface area contributed by atoms with Crippen molar-refractivity contribution in [3.63, 3.8) is 0 Å². The van der Waals surface area contributed by atoms with Crippen LogP contribution in [-0.4, -0.2) is 101 Å². The van der Waals surface area contributed by atoms with Crippen molar-refractivity contribution in [2.75, 3.05) is 37.1 Å². The molecule has 3 atom stereocenters. The third kappa shape index (κ3) is 31.3. The van der Waals surface area contributed by atoms with E-state index < -0.39 is 34.0 Å². The van der Waals surface area contributed by atoms with Crippen molar-refractivity contribution in [2.45, 2.75) is 52.7 Å². The summed E-state index contributed by atoms with van der Waals surface area (Å²) in [5.74, 6) is -2.95. The molecule has 11 nitrogen and oxygen atoms in total. The molecule has 0 aliphatic carbocycles. The minimum Gasteiger partial charge on any atom is -0.481 e. The van der Waals surface area contributed by atoms with Crippen LogP contribution in [-0.2, 0) is 19.2 Å². The third-order valence-electron chi connectivity index (χ3n) is 4.37. The Morgan fingerprint density at radius 1 is 0.649 bits per heavy atom. The van der Waals surface area contributed by atoms with E-state index in [0.29, 0.717) is 23.7 Å². The summed E-state index contributed by atoms with van der Waals surface area (Å²) in [4.78, 5) is 39.6. The van der Waals surface area contributed by atoms with Crippen molar-refractivity contribution in [2.24, 2.45) is 23.2 Å². The van der Waals surface area contributed by atoms with Gasteiger partial charge in [-0.05, 0) is 20.3 Å². The Kier molecular flexibility index (Phi) is 33.3. The number of carbonyl (C=O) groups is 4. The van der Waals surface area contributed by atoms with E-state index in [4.69, 9.17) is 35.7 Å². The number of aliphatic hydroxyl groups is 3. The molecule has 3 unspecified atom stereocenters. The van der Waals surface area contributed by atoms with Crippen LogP contribution < -0.4 is 0 Å². The number of carboxylic acids is 4. The molecule has 0 radical (unpaired) electrons. The maximum absolute atomic E-state index is 9.94. The zero-order chi connectivity index (χ0) is 31.0. The highest BCUT2D eigenvalue weighted by molar-refractivity contribution is 7.82. The molecule has 0 rings (SSSR count). The van der Waals surface area contributed by atoms with E-state index >= 15 is 0 Å². The maximum atomic E-state index is 9.94. The molecule has 0 aliphatic heterocycles. The lowest BCUT2D eigenvalue weighted by molar-refractivity contribution is -0.141. The molecular weight excluding hydrogens is 568 g/mol. The van der Waals surface area contributed by atoms with E-state index in [9.17, 15) is 19.2 Å². The van der Waals surface area contributed by atoms with E-state index in [1.165, 1.54) is 13.8 Å². The molecule has 15 heteroatoms. The van der Waals surface area contributed by atoms with E-state index in [1.54, 1.807) is 20.8 Å². The Bertz CT molecular complexity index is 545. The van der Waals surface area contributed by atoms with Crippen LogP contribution >= 0.6 is 50.5 Å². The maximum Gasteiger partial charge on any atom is 0.318 e. The topological polar surface area (TPSA) is 210 Å². The minimum atomic E-state index is -0.893. The van der Waals surface area contributed by atoms with Gasteiger partial charge in [-0.3, -0.25) is 19.2 Å². The number of hydrogen-bond donors (Lipinski definition) is 11. The molecule has 0 bridgehead atoms. The molecule has 7 N–H and O–H groups in total. The summed E-state index contributed by atoms with van der Waals surface area (Å²) in [5.41, 5.74) is -0.667. The lowest BCUT2D eigenvalue weighted by Gasteiger charge is -2.24. The average molecular weight is 615 g/mol. The molecule has 0 spiro atoms. The van der Waals surface area contributed by atoms with Crippen LogP contribution in [0.5, 0.6) is 0 Å². The van der Waals surface area contributed by atoms with Gasteiger partial charge in [0.25, 0.3) is 0 Å². The second kappa shape index (κ2) is 26.8. The summed E-state index contributed by atoms with van der Waals surface area (Å²) < 4.78 is -0.889. The number of aliphatic hydroxyl groups excluding tert-OH is 3. The first-order valence-corrected chi connectivity index (χ1v) is 13.4. The van der Waals surface area contributed by atoms with Gasteiger partial charge in [0.15, 0.2) is 0 Å². The van der Waals surface area contributed by atoms with Crippen LogP contribution in [0.1, 0.15) is 48.0 Å². The van der Waals surface area contributed by atoms with Gasteiger partial charge in [0.1, 0.15) is 4.75 Å². The van der Waals surface area contributed by atoms with Gasteiger partial charge in [-0.1, -0.05) is 27.7 Å². The second-order valence-electron chi connectivity index (χ2n) is 8.46. The highest BCUT2D eigenvalue weighted by Crippen LogP contribution is 2.18. The molecule has 224 valence electrons. The largest absolute Gasteiger partial charge is 0.481 e. The normalized spacial score (nSPS) is 12.7. The fourth-order valence-electron chi connectivity index (χ4n) is 0.720. The first kappa shape index (κ1) is 46.0. The monoisotopic (exact) mass is 614 g/mol. The van der Waals surface area contributed by atoms with Crippen molar-refractivity contribution in [1.29, 1.82) is 0 Å². The lowest BCUT2D eigenvalue weighted by atomic mass is 9.88. The van der Waals surface area contributed by atoms with Gasteiger partial charge in [0, 0.05) is 22.7 Å². The molecule has 0 aliphatic rings. The van der Waals surface area contributed by atoms with Crippen molar-refractivity contribution in [3.05, 3.63) is 0 Å². The molecule has 0 aromatic carbocycles. The van der Waals surface area contributed by atoms with Gasteiger partial charge in [0.2, 0.25) is 0 Å². The van der Waals surface area contributed by atoms with E-state index in [-0.39, 0.29) is 37.6 Å². The number of carboxylic acid groups (broad SMARTS) is 4. The standard InChI is InChI=1S/C6H14O3.4C4H8O2S/c1-2-6(3-7,4-8)5-9;1-4(2,7)3(5)6;3*1-3(2-7)4(5)6/h7-9H,2-5H2,1H3;7H,1-2H3,(H,5,6);3*3,7H,2H2,1H3,(H,5,6). The molecule has 0 saturated heterocycles. The first-order valence-electron chi connectivity index (χ1n) is 11.0. The average Bonchev–Trinajstić information content (AvgIpc) is 2.84. The molecule has 0 saturated carbocycles. The summed E-state index contributed by atoms with van der Waals surface area (Å²) in [7, 11) is 0. The van der Waals surface area contributed by atoms with Crippen LogP contribution in [0.3, 0.4) is 0 Å². The van der Waals surface area contributed by atoms with Gasteiger partial charge in [-0.2, -0.15) is 50.5 Å². The molecular formula is C22H46O11S4. The van der Waals surface area contributed by atoms with Crippen molar-refractivity contribution >= 4 is 74.4 Å². The summed E-state index contributed by atoms with van der Waals surface area (Å²) in [6.07, 6.45) is 0.594. The highest BCUT2D eigenvalue weighted by Gasteiger charge is 2.25. The van der Waals surface area contributed by atoms with Gasteiger partial charge < -0.3 is 35.7 Å². The lowest BCUT2D eigenvalue weighted by Crippen LogP contribution is -2.32. The SMILES string of the molecule is CC(C)(S)C(=O)O.CC(CS)C(=O)O.CC(CS)C(=O)O.CC(CS)C(=O)O.CCC(CO)(CO)CO. The van der Waals surface area contributed by atoms with Gasteiger partial charge in [0.05, 0.1) is 37.6 Å². The Balaban J connectivity index is -0.000000116. The van der Waals surface area contributed by atoms with Crippen molar-refractivity contribution < 1.29 is 54.9 Å². The predicted molar refractivity (Wildman–Crippen MR) is 157 cm³/mol. The number of rotatable bonds is 11. The van der Waals surface area contributed by atoms with Crippen LogP contribution in [0.2, 0.25) is 0 Å². The quantitative estimate of drug-likeness (QED) is 0.152. The zero-order valence-electron chi connectivity index (χ0n) is 22.2. The molecule has 0 fully saturated rings. The summed E-state index contributed by atoms with van der Waals surface area (Å²) in [5, 5.41) is 58.5. The molecule has 0 aromatic rings. The van der Waals surface area contributed by atoms with Gasteiger partial charge in [-0.25, -0.2) is 0 Å². The summed E-state index contributed by atoms with van der Waals surface area (Å²) in [6.45, 7) is 9.27. The Hall–Kier alpha value is -0.840. The molecule has 37 heavy (non-hydrogen) atoms. The van der Waals surface area contributed by atoms with Crippen molar-refractivity contribution in [1.82, 2.24) is 0 Å². The Morgan fingerprint density at radius 2 is 0.838 bits per heavy atom. The Labute approximate surface area is 241 Å². The third-order valence-corrected chi connectivity index (χ3v) is 6.20. The van der Waals surface area contributed by atoms with Crippen LogP contribution in [0.15, 0.2) is 0 Å².